The number of nitrogens with two attached hydrogens (primary N) is 1. The van der Waals surface area contributed by atoms with E-state index < -0.39 is 0 Å². The molecule has 0 radical (unpaired) electrons. The number of nitrogens with one attached hydrogen (secondary N) is 1. The molecule has 1 aliphatic rings. The highest BCUT2D eigenvalue weighted by atomic mass is 32.2. The molecular formula is C12H18N2O2S. The lowest BCUT2D eigenvalue weighted by molar-refractivity contribution is 0.201. The summed E-state index contributed by atoms with van der Waals surface area (Å²) in [6.45, 7) is 4.06. The van der Waals surface area contributed by atoms with E-state index >= 15 is 0 Å². The van der Waals surface area contributed by atoms with Crippen LogP contribution >= 0.6 is 11.8 Å². The molecule has 1 saturated heterocycles. The van der Waals surface area contributed by atoms with Gasteiger partial charge in [-0.2, -0.15) is 0 Å². The van der Waals surface area contributed by atoms with E-state index in [4.69, 9.17) is 10.5 Å². The summed E-state index contributed by atoms with van der Waals surface area (Å²) >= 11 is 1.61. The number of thioether (sulfide) groups is 1. The number of aliphatic hydroxyl groups excluding tert-OH is 1. The molecule has 1 heterocycles. The second-order valence-electron chi connectivity index (χ2n) is 4.01. The van der Waals surface area contributed by atoms with Gasteiger partial charge in [-0.15, -0.1) is 11.8 Å². The van der Waals surface area contributed by atoms with E-state index in [2.05, 4.69) is 5.32 Å². The van der Waals surface area contributed by atoms with Crippen molar-refractivity contribution in [2.75, 3.05) is 25.4 Å². The number of hydrogen-bond donors (Lipinski definition) is 3. The monoisotopic (exact) mass is 254 g/mol. The normalized spacial score (nSPS) is 23.9. The van der Waals surface area contributed by atoms with Crippen LogP contribution in [0.5, 0.6) is 5.75 Å². The van der Waals surface area contributed by atoms with Crippen LogP contribution in [0.3, 0.4) is 0 Å². The summed E-state index contributed by atoms with van der Waals surface area (Å²) in [6.07, 6.45) is -0.310. The van der Waals surface area contributed by atoms with Crippen molar-refractivity contribution in [1.29, 1.82) is 0 Å². The fourth-order valence-corrected chi connectivity index (χ4v) is 2.97. The zero-order valence-corrected chi connectivity index (χ0v) is 10.7. The lowest BCUT2D eigenvalue weighted by Gasteiger charge is -2.15. The third-order valence-electron chi connectivity index (χ3n) is 2.70. The predicted octanol–water partition coefficient (Wildman–Crippen LogP) is 1.09. The number of ether oxygens (including phenoxy) is 1. The average molecular weight is 254 g/mol. The Morgan fingerprint density at radius 1 is 1.53 bits per heavy atom. The largest absolute Gasteiger partial charge is 0.494 e. The van der Waals surface area contributed by atoms with E-state index in [0.29, 0.717) is 13.2 Å². The first kappa shape index (κ1) is 12.5. The molecule has 2 rings (SSSR count). The van der Waals surface area contributed by atoms with Crippen LogP contribution in [0, 0.1) is 0 Å². The molecule has 5 heteroatoms. The van der Waals surface area contributed by atoms with Gasteiger partial charge in [-0.1, -0.05) is 0 Å². The van der Waals surface area contributed by atoms with E-state index in [1.807, 2.05) is 25.1 Å². The molecule has 1 aromatic rings. The first-order chi connectivity index (χ1) is 8.20. The number of benzene rings is 1. The lowest BCUT2D eigenvalue weighted by atomic mass is 10.3. The predicted molar refractivity (Wildman–Crippen MR) is 70.5 cm³/mol. The summed E-state index contributed by atoms with van der Waals surface area (Å²) < 4.78 is 5.45. The molecule has 0 bridgehead atoms. The summed E-state index contributed by atoms with van der Waals surface area (Å²) in [5.74, 6) is 0.824. The second-order valence-corrected chi connectivity index (χ2v) is 5.30. The van der Waals surface area contributed by atoms with Crippen molar-refractivity contribution < 1.29 is 9.84 Å². The summed E-state index contributed by atoms with van der Waals surface area (Å²) in [4.78, 5) is 0.976. The van der Waals surface area contributed by atoms with Crippen LogP contribution in [0.1, 0.15) is 6.92 Å². The Kier molecular flexibility index (Phi) is 4.15. The Labute approximate surface area is 106 Å². The van der Waals surface area contributed by atoms with Gasteiger partial charge in [-0.3, -0.25) is 0 Å². The van der Waals surface area contributed by atoms with Crippen LogP contribution in [0.15, 0.2) is 23.1 Å². The van der Waals surface area contributed by atoms with Gasteiger partial charge >= 0.3 is 0 Å². The second kappa shape index (κ2) is 5.62. The maximum atomic E-state index is 9.76. The minimum Gasteiger partial charge on any atom is -0.494 e. The molecule has 0 spiro atoms. The minimum atomic E-state index is -0.310. The van der Waals surface area contributed by atoms with Gasteiger partial charge in [0, 0.05) is 28.9 Å². The summed E-state index contributed by atoms with van der Waals surface area (Å²) in [5.41, 5.74) is 6.66. The summed E-state index contributed by atoms with van der Waals surface area (Å²) in [5, 5.41) is 13.1. The molecule has 1 fully saturated rings. The molecule has 1 aliphatic heterocycles. The van der Waals surface area contributed by atoms with Crippen LogP contribution in [0.2, 0.25) is 0 Å². The Balaban J connectivity index is 2.10. The lowest BCUT2D eigenvalue weighted by Crippen LogP contribution is -2.20. The van der Waals surface area contributed by atoms with Crippen LogP contribution in [-0.4, -0.2) is 36.2 Å². The van der Waals surface area contributed by atoms with Crippen LogP contribution in [0.25, 0.3) is 0 Å². The standard InChI is InChI=1S/C12H18N2O2S/c1-2-16-8-3-4-9(13)11(5-8)17-12-7-14-6-10(12)15/h3-5,10,12,14-15H,2,6-7,13H2,1H3. The molecule has 4 N–H and O–H groups in total. The fourth-order valence-electron chi connectivity index (χ4n) is 1.80. The first-order valence-corrected chi connectivity index (χ1v) is 6.66. The van der Waals surface area contributed by atoms with Crippen LogP contribution in [0.4, 0.5) is 5.69 Å². The molecule has 0 aliphatic carbocycles. The van der Waals surface area contributed by atoms with E-state index in [1.54, 1.807) is 11.8 Å². The smallest absolute Gasteiger partial charge is 0.120 e. The van der Waals surface area contributed by atoms with Gasteiger partial charge in [0.2, 0.25) is 0 Å². The first-order valence-electron chi connectivity index (χ1n) is 5.78. The molecule has 17 heavy (non-hydrogen) atoms. The van der Waals surface area contributed by atoms with E-state index in [9.17, 15) is 5.11 Å². The molecule has 1 aromatic carbocycles. The Morgan fingerprint density at radius 3 is 3.00 bits per heavy atom. The molecule has 0 amide bonds. The Morgan fingerprint density at radius 2 is 2.35 bits per heavy atom. The number of rotatable bonds is 4. The van der Waals surface area contributed by atoms with Crippen molar-refractivity contribution in [2.45, 2.75) is 23.2 Å². The van der Waals surface area contributed by atoms with E-state index in [-0.39, 0.29) is 11.4 Å². The van der Waals surface area contributed by atoms with Crippen molar-refractivity contribution >= 4 is 17.4 Å². The number of aliphatic hydroxyl groups is 1. The molecular weight excluding hydrogens is 236 g/mol. The highest BCUT2D eigenvalue weighted by Gasteiger charge is 2.26. The third kappa shape index (κ3) is 3.06. The zero-order chi connectivity index (χ0) is 12.3. The SMILES string of the molecule is CCOc1ccc(N)c(SC2CNCC2O)c1. The highest BCUT2D eigenvalue weighted by Crippen LogP contribution is 2.34. The summed E-state index contributed by atoms with van der Waals surface area (Å²) in [6, 6.07) is 5.66. The van der Waals surface area contributed by atoms with Crippen LogP contribution < -0.4 is 15.8 Å². The van der Waals surface area contributed by atoms with E-state index in [0.717, 1.165) is 22.9 Å². The number of hydrogen-bond acceptors (Lipinski definition) is 5. The topological polar surface area (TPSA) is 67.5 Å². The number of nitrogen functional groups attached to an aromatic ring is 1. The molecule has 4 nitrogen and oxygen atoms in total. The van der Waals surface area contributed by atoms with Crippen LogP contribution in [-0.2, 0) is 0 Å². The van der Waals surface area contributed by atoms with Crippen molar-refractivity contribution in [3.05, 3.63) is 18.2 Å². The zero-order valence-electron chi connectivity index (χ0n) is 9.85. The minimum absolute atomic E-state index is 0.161. The number of anilines is 1. The molecule has 0 saturated carbocycles. The molecule has 94 valence electrons. The van der Waals surface area contributed by atoms with Crippen molar-refractivity contribution in [3.8, 4) is 5.75 Å². The van der Waals surface area contributed by atoms with Crippen molar-refractivity contribution in [2.24, 2.45) is 0 Å². The van der Waals surface area contributed by atoms with Gasteiger partial charge in [0.15, 0.2) is 0 Å². The van der Waals surface area contributed by atoms with Crippen molar-refractivity contribution in [3.63, 3.8) is 0 Å². The maximum Gasteiger partial charge on any atom is 0.120 e. The average Bonchev–Trinajstić information content (AvgIpc) is 2.70. The Hall–Kier alpha value is -0.910. The summed E-state index contributed by atoms with van der Waals surface area (Å²) in [7, 11) is 0. The molecule has 0 aromatic heterocycles. The fraction of sp³-hybridized carbons (Fsp3) is 0.500. The number of β-amino-alcohol motifs (C(OH)–C–C–N with tert-alkyl or cyclic N) is 1. The highest BCUT2D eigenvalue weighted by molar-refractivity contribution is 8.00. The molecule has 2 atom stereocenters. The van der Waals surface area contributed by atoms with E-state index in [1.165, 1.54) is 0 Å². The maximum absolute atomic E-state index is 9.76. The van der Waals surface area contributed by atoms with Gasteiger partial charge in [0.25, 0.3) is 0 Å². The van der Waals surface area contributed by atoms with Crippen molar-refractivity contribution in [1.82, 2.24) is 5.32 Å². The van der Waals surface area contributed by atoms with Gasteiger partial charge in [-0.05, 0) is 25.1 Å². The van der Waals surface area contributed by atoms with Gasteiger partial charge in [-0.25, -0.2) is 0 Å². The van der Waals surface area contributed by atoms with Gasteiger partial charge in [0.1, 0.15) is 5.75 Å². The quantitative estimate of drug-likeness (QED) is 0.702. The Bertz CT molecular complexity index is 387. The molecule has 2 unspecified atom stereocenters. The van der Waals surface area contributed by atoms with Gasteiger partial charge in [0.05, 0.1) is 12.7 Å². The van der Waals surface area contributed by atoms with Gasteiger partial charge < -0.3 is 20.9 Å². The third-order valence-corrected chi connectivity index (χ3v) is 4.09.